The molecule has 0 aromatic carbocycles. The number of alkyl halides is 1. The van der Waals surface area contributed by atoms with Gasteiger partial charge < -0.3 is 9.64 Å². The highest BCUT2D eigenvalue weighted by atomic mass is 19.1. The zero-order chi connectivity index (χ0) is 17.0. The Kier molecular flexibility index (Phi) is 5.46. The fourth-order valence-corrected chi connectivity index (χ4v) is 3.81. The summed E-state index contributed by atoms with van der Waals surface area (Å²) in [5.41, 5.74) is 1.01. The summed E-state index contributed by atoms with van der Waals surface area (Å²) in [7, 11) is 2.13. The molecule has 6 heteroatoms. The number of nitrogens with zero attached hydrogens (tertiary/aromatic N) is 3. The molecule has 3 rings (SSSR count). The zero-order valence-electron chi connectivity index (χ0n) is 14.3. The molecular formula is C18H26FN3O2. The summed E-state index contributed by atoms with van der Waals surface area (Å²) in [6, 6.07) is 5.83. The maximum Gasteiger partial charge on any atom is 0.225 e. The molecule has 24 heavy (non-hydrogen) atoms. The topological polar surface area (TPSA) is 45.7 Å². The molecule has 2 aliphatic heterocycles. The van der Waals surface area contributed by atoms with Crippen molar-refractivity contribution < 1.29 is 13.9 Å². The van der Waals surface area contributed by atoms with Crippen molar-refractivity contribution in [1.29, 1.82) is 0 Å². The van der Waals surface area contributed by atoms with Gasteiger partial charge in [-0.25, -0.2) is 0 Å². The molecule has 2 saturated heterocycles. The van der Waals surface area contributed by atoms with Crippen LogP contribution in [0.15, 0.2) is 24.4 Å². The van der Waals surface area contributed by atoms with E-state index in [-0.39, 0.29) is 17.9 Å². The van der Waals surface area contributed by atoms with Crippen LogP contribution < -0.4 is 0 Å². The number of aromatic nitrogens is 1. The Morgan fingerprint density at radius 3 is 3.00 bits per heavy atom. The molecule has 5 nitrogen and oxygen atoms in total. The lowest BCUT2D eigenvalue weighted by Gasteiger charge is -2.58. The lowest BCUT2D eigenvalue weighted by atomic mass is 9.75. The average molecular weight is 335 g/mol. The average Bonchev–Trinajstić information content (AvgIpc) is 2.55. The molecular weight excluding hydrogens is 309 g/mol. The summed E-state index contributed by atoms with van der Waals surface area (Å²) in [5.74, 6) is 0.438. The maximum absolute atomic E-state index is 12.3. The minimum Gasteiger partial charge on any atom is -0.375 e. The van der Waals surface area contributed by atoms with Gasteiger partial charge in [0.05, 0.1) is 37.5 Å². The normalized spacial score (nSPS) is 23.2. The summed E-state index contributed by atoms with van der Waals surface area (Å²) in [6.07, 6.45) is 3.93. The highest BCUT2D eigenvalue weighted by molar-refractivity contribution is 5.77. The largest absolute Gasteiger partial charge is 0.375 e. The molecule has 3 heterocycles. The minimum atomic E-state index is -0.567. The molecule has 2 aliphatic rings. The van der Waals surface area contributed by atoms with Crippen molar-refractivity contribution in [2.75, 3.05) is 40.0 Å². The fraction of sp³-hybridized carbons (Fsp3) is 0.667. The summed E-state index contributed by atoms with van der Waals surface area (Å²) < 4.78 is 18.2. The first kappa shape index (κ1) is 17.3. The van der Waals surface area contributed by atoms with E-state index < -0.39 is 6.67 Å². The predicted molar refractivity (Wildman–Crippen MR) is 89.2 cm³/mol. The molecule has 1 amide bonds. The van der Waals surface area contributed by atoms with Crippen LogP contribution in [0.3, 0.4) is 0 Å². The molecule has 132 valence electrons. The highest BCUT2D eigenvalue weighted by Crippen LogP contribution is 2.38. The minimum absolute atomic E-state index is 0.0103. The van der Waals surface area contributed by atoms with Crippen molar-refractivity contribution in [3.8, 4) is 0 Å². The van der Waals surface area contributed by atoms with Crippen molar-refractivity contribution in [3.63, 3.8) is 0 Å². The van der Waals surface area contributed by atoms with Crippen LogP contribution in [0.4, 0.5) is 4.39 Å². The van der Waals surface area contributed by atoms with E-state index in [2.05, 4.69) is 16.9 Å². The number of pyridine rings is 1. The SMILES string of the molecule is CN1CC[C@H](COCc2ccccn2)CC12CN(C(=O)CCF)C2. The standard InChI is InChI=1S/C18H26FN3O2/c1-21-9-6-15(11-24-12-16-4-2-3-8-20-16)10-18(21)13-22(14-18)17(23)5-7-19/h2-4,8,15H,5-7,9-14H2,1H3/t15-/m0/s1. The monoisotopic (exact) mass is 335 g/mol. The number of ether oxygens (including phenoxy) is 1. The van der Waals surface area contributed by atoms with Gasteiger partial charge in [0.2, 0.25) is 5.91 Å². The quantitative estimate of drug-likeness (QED) is 0.796. The molecule has 0 saturated carbocycles. The Bertz CT molecular complexity index is 548. The van der Waals surface area contributed by atoms with Crippen molar-refractivity contribution in [3.05, 3.63) is 30.1 Å². The van der Waals surface area contributed by atoms with Crippen LogP contribution >= 0.6 is 0 Å². The Morgan fingerprint density at radius 2 is 2.29 bits per heavy atom. The molecule has 1 spiro atoms. The summed E-state index contributed by atoms with van der Waals surface area (Å²) in [6.45, 7) is 3.16. The van der Waals surface area contributed by atoms with E-state index in [4.69, 9.17) is 4.74 Å². The van der Waals surface area contributed by atoms with Crippen molar-refractivity contribution >= 4 is 5.91 Å². The number of carbonyl (C=O) groups excluding carboxylic acids is 1. The van der Waals surface area contributed by atoms with Gasteiger partial charge in [-0.15, -0.1) is 0 Å². The maximum atomic E-state index is 12.3. The van der Waals surface area contributed by atoms with Crippen LogP contribution in [0.5, 0.6) is 0 Å². The summed E-state index contributed by atoms with van der Waals surface area (Å²) in [4.78, 5) is 20.2. The number of rotatable bonds is 6. The second-order valence-electron chi connectivity index (χ2n) is 7.03. The number of piperidine rings is 1. The molecule has 0 bridgehead atoms. The van der Waals surface area contributed by atoms with E-state index in [0.717, 1.165) is 44.8 Å². The van der Waals surface area contributed by atoms with Gasteiger partial charge in [0, 0.05) is 19.3 Å². The van der Waals surface area contributed by atoms with Crippen molar-refractivity contribution in [1.82, 2.24) is 14.8 Å². The number of likely N-dealkylation sites (tertiary alicyclic amines) is 2. The molecule has 1 aromatic rings. The van der Waals surface area contributed by atoms with E-state index in [1.54, 1.807) is 11.1 Å². The first-order valence-electron chi connectivity index (χ1n) is 8.65. The first-order chi connectivity index (χ1) is 11.6. The van der Waals surface area contributed by atoms with E-state index in [0.29, 0.717) is 12.5 Å². The van der Waals surface area contributed by atoms with Crippen LogP contribution in [-0.4, -0.2) is 66.2 Å². The van der Waals surface area contributed by atoms with Gasteiger partial charge in [-0.3, -0.25) is 19.1 Å². The van der Waals surface area contributed by atoms with Gasteiger partial charge in [0.15, 0.2) is 0 Å². The van der Waals surface area contributed by atoms with Crippen LogP contribution in [0, 0.1) is 5.92 Å². The molecule has 2 fully saturated rings. The lowest BCUT2D eigenvalue weighted by molar-refractivity contribution is -0.151. The van der Waals surface area contributed by atoms with E-state index in [1.165, 1.54) is 0 Å². The smallest absolute Gasteiger partial charge is 0.225 e. The van der Waals surface area contributed by atoms with E-state index in [9.17, 15) is 9.18 Å². The molecule has 0 N–H and O–H groups in total. The molecule has 0 radical (unpaired) electrons. The number of hydrogen-bond acceptors (Lipinski definition) is 4. The van der Waals surface area contributed by atoms with E-state index in [1.807, 2.05) is 18.2 Å². The van der Waals surface area contributed by atoms with Crippen molar-refractivity contribution in [2.24, 2.45) is 5.92 Å². The Morgan fingerprint density at radius 1 is 1.46 bits per heavy atom. The Labute approximate surface area is 142 Å². The van der Waals surface area contributed by atoms with E-state index >= 15 is 0 Å². The molecule has 1 aromatic heterocycles. The van der Waals surface area contributed by atoms with Crippen LogP contribution in [0.2, 0.25) is 0 Å². The summed E-state index contributed by atoms with van der Waals surface area (Å²) in [5, 5.41) is 0. The number of amides is 1. The second kappa shape index (κ2) is 7.57. The summed E-state index contributed by atoms with van der Waals surface area (Å²) >= 11 is 0. The fourth-order valence-electron chi connectivity index (χ4n) is 3.81. The molecule has 0 unspecified atom stereocenters. The third-order valence-electron chi connectivity index (χ3n) is 5.31. The second-order valence-corrected chi connectivity index (χ2v) is 7.03. The van der Waals surface area contributed by atoms with Gasteiger partial charge in [-0.2, -0.15) is 0 Å². The van der Waals surface area contributed by atoms with Crippen LogP contribution in [0.25, 0.3) is 0 Å². The van der Waals surface area contributed by atoms with Gasteiger partial charge in [-0.1, -0.05) is 6.07 Å². The molecule has 1 atom stereocenters. The van der Waals surface area contributed by atoms with Gasteiger partial charge in [0.1, 0.15) is 0 Å². The highest BCUT2D eigenvalue weighted by Gasteiger charge is 2.50. The zero-order valence-corrected chi connectivity index (χ0v) is 14.3. The number of likely N-dealkylation sites (N-methyl/N-ethyl adjacent to an activating group) is 1. The van der Waals surface area contributed by atoms with Crippen molar-refractivity contribution in [2.45, 2.75) is 31.4 Å². The predicted octanol–water partition coefficient (Wildman–Crippen LogP) is 1.88. The molecule has 0 aliphatic carbocycles. The Hall–Kier alpha value is -1.53. The Balaban J connectivity index is 1.47. The van der Waals surface area contributed by atoms with Crippen LogP contribution in [-0.2, 0) is 16.1 Å². The van der Waals surface area contributed by atoms with Gasteiger partial charge in [-0.05, 0) is 44.5 Å². The lowest BCUT2D eigenvalue weighted by Crippen LogP contribution is -2.72. The van der Waals surface area contributed by atoms with Crippen LogP contribution in [0.1, 0.15) is 25.0 Å². The van der Waals surface area contributed by atoms with Gasteiger partial charge in [0.25, 0.3) is 0 Å². The number of halogens is 1. The first-order valence-corrected chi connectivity index (χ1v) is 8.65. The van der Waals surface area contributed by atoms with Gasteiger partial charge >= 0.3 is 0 Å². The third kappa shape index (κ3) is 3.75. The third-order valence-corrected chi connectivity index (χ3v) is 5.31. The number of hydrogen-bond donors (Lipinski definition) is 0. The number of carbonyl (C=O) groups is 1.